The molecule has 1 N–H and O–H groups in total. The summed E-state index contributed by atoms with van der Waals surface area (Å²) in [5.41, 5.74) is 0. The van der Waals surface area contributed by atoms with E-state index in [4.69, 9.17) is 9.84 Å². The molecule has 1 aliphatic carbocycles. The molecule has 0 radical (unpaired) electrons. The Labute approximate surface area is 106 Å². The molecule has 3 nitrogen and oxygen atoms in total. The van der Waals surface area contributed by atoms with Gasteiger partial charge in [-0.1, -0.05) is 32.6 Å². The number of ether oxygens (including phenoxy) is 1. The van der Waals surface area contributed by atoms with E-state index in [9.17, 15) is 0 Å². The molecule has 3 heteroatoms. The van der Waals surface area contributed by atoms with Crippen LogP contribution in [-0.4, -0.2) is 49.0 Å². The fraction of sp³-hybridized carbons (Fsp3) is 1.00. The first kappa shape index (κ1) is 14.9. The Kier molecular flexibility index (Phi) is 8.67. The van der Waals surface area contributed by atoms with Gasteiger partial charge in [-0.2, -0.15) is 0 Å². The summed E-state index contributed by atoms with van der Waals surface area (Å²) in [6.07, 6.45) is 9.04. The normalized spacial score (nSPS) is 17.8. The summed E-state index contributed by atoms with van der Waals surface area (Å²) in [6, 6.07) is 0.686. The number of unbranched alkanes of at least 4 members (excludes halogenated alkanes) is 1. The van der Waals surface area contributed by atoms with E-state index in [-0.39, 0.29) is 6.61 Å². The van der Waals surface area contributed by atoms with Crippen LogP contribution in [0.4, 0.5) is 0 Å². The van der Waals surface area contributed by atoms with E-state index in [0.29, 0.717) is 6.04 Å². The smallest absolute Gasteiger partial charge is 0.0593 e. The van der Waals surface area contributed by atoms with Crippen LogP contribution in [0, 0.1) is 0 Å². The SMILES string of the molecule is CCCCOCCN(CCO)C1CCCCC1. The van der Waals surface area contributed by atoms with Crippen LogP contribution in [-0.2, 0) is 4.74 Å². The number of rotatable bonds is 9. The molecule has 1 fully saturated rings. The second-order valence-corrected chi connectivity index (χ2v) is 5.02. The number of aliphatic hydroxyl groups is 1. The molecule has 0 saturated heterocycles. The predicted molar refractivity (Wildman–Crippen MR) is 71.3 cm³/mol. The van der Waals surface area contributed by atoms with Gasteiger partial charge in [0.2, 0.25) is 0 Å². The Balaban J connectivity index is 2.17. The fourth-order valence-electron chi connectivity index (χ4n) is 2.58. The maximum atomic E-state index is 9.13. The summed E-state index contributed by atoms with van der Waals surface area (Å²) in [4.78, 5) is 2.42. The lowest BCUT2D eigenvalue weighted by atomic mass is 9.94. The largest absolute Gasteiger partial charge is 0.395 e. The Morgan fingerprint density at radius 1 is 1.12 bits per heavy atom. The highest BCUT2D eigenvalue weighted by molar-refractivity contribution is 4.75. The number of hydrogen-bond donors (Lipinski definition) is 1. The Morgan fingerprint density at radius 3 is 2.53 bits per heavy atom. The minimum absolute atomic E-state index is 0.269. The quantitative estimate of drug-likeness (QED) is 0.631. The first-order chi connectivity index (χ1) is 8.38. The van der Waals surface area contributed by atoms with Gasteiger partial charge in [-0.3, -0.25) is 4.90 Å². The molecule has 0 aromatic carbocycles. The average Bonchev–Trinajstić information content (AvgIpc) is 2.38. The molecule has 1 aliphatic rings. The van der Waals surface area contributed by atoms with Gasteiger partial charge in [-0.25, -0.2) is 0 Å². The summed E-state index contributed by atoms with van der Waals surface area (Å²) >= 11 is 0. The molecule has 1 saturated carbocycles. The molecule has 0 aromatic rings. The molecule has 0 spiro atoms. The van der Waals surface area contributed by atoms with E-state index >= 15 is 0 Å². The van der Waals surface area contributed by atoms with Gasteiger partial charge in [0.1, 0.15) is 0 Å². The molecule has 0 amide bonds. The minimum Gasteiger partial charge on any atom is -0.395 e. The van der Waals surface area contributed by atoms with Gasteiger partial charge in [0, 0.05) is 25.7 Å². The number of hydrogen-bond acceptors (Lipinski definition) is 3. The third-order valence-corrected chi connectivity index (χ3v) is 3.64. The first-order valence-electron chi connectivity index (χ1n) is 7.31. The van der Waals surface area contributed by atoms with Crippen molar-refractivity contribution in [3.8, 4) is 0 Å². The van der Waals surface area contributed by atoms with Crippen molar-refractivity contribution in [3.05, 3.63) is 0 Å². The van der Waals surface area contributed by atoms with E-state index in [1.54, 1.807) is 0 Å². The van der Waals surface area contributed by atoms with Crippen molar-refractivity contribution in [2.24, 2.45) is 0 Å². The van der Waals surface area contributed by atoms with Crippen molar-refractivity contribution in [1.82, 2.24) is 4.90 Å². The highest BCUT2D eigenvalue weighted by atomic mass is 16.5. The standard InChI is InChI=1S/C14H29NO2/c1-2-3-12-17-13-10-15(9-11-16)14-7-5-4-6-8-14/h14,16H,2-13H2,1H3. The fourth-order valence-corrected chi connectivity index (χ4v) is 2.58. The second-order valence-electron chi connectivity index (χ2n) is 5.02. The average molecular weight is 243 g/mol. The summed E-state index contributed by atoms with van der Waals surface area (Å²) in [7, 11) is 0. The monoisotopic (exact) mass is 243 g/mol. The first-order valence-corrected chi connectivity index (χ1v) is 7.31. The molecule has 0 heterocycles. The van der Waals surface area contributed by atoms with Crippen LogP contribution in [0.3, 0.4) is 0 Å². The molecule has 102 valence electrons. The second kappa shape index (κ2) is 9.86. The highest BCUT2D eigenvalue weighted by Gasteiger charge is 2.20. The van der Waals surface area contributed by atoms with Crippen LogP contribution in [0.5, 0.6) is 0 Å². The minimum atomic E-state index is 0.269. The van der Waals surface area contributed by atoms with E-state index in [0.717, 1.165) is 32.7 Å². The van der Waals surface area contributed by atoms with Crippen molar-refractivity contribution in [1.29, 1.82) is 0 Å². The van der Waals surface area contributed by atoms with Crippen LogP contribution in [0.15, 0.2) is 0 Å². The Morgan fingerprint density at radius 2 is 1.88 bits per heavy atom. The van der Waals surface area contributed by atoms with Gasteiger partial charge >= 0.3 is 0 Å². The predicted octanol–water partition coefficient (Wildman–Crippen LogP) is 2.43. The Hall–Kier alpha value is -0.120. The van der Waals surface area contributed by atoms with Crippen LogP contribution in [0.2, 0.25) is 0 Å². The van der Waals surface area contributed by atoms with E-state index in [1.165, 1.54) is 38.5 Å². The lowest BCUT2D eigenvalue weighted by Gasteiger charge is -2.33. The maximum absolute atomic E-state index is 9.13. The van der Waals surface area contributed by atoms with Crippen molar-refractivity contribution in [3.63, 3.8) is 0 Å². The third-order valence-electron chi connectivity index (χ3n) is 3.64. The third kappa shape index (κ3) is 6.39. The van der Waals surface area contributed by atoms with Gasteiger partial charge < -0.3 is 9.84 Å². The van der Waals surface area contributed by atoms with E-state index < -0.39 is 0 Å². The lowest BCUT2D eigenvalue weighted by molar-refractivity contribution is 0.0645. The van der Waals surface area contributed by atoms with Crippen LogP contribution in [0.1, 0.15) is 51.9 Å². The molecule has 0 atom stereocenters. The van der Waals surface area contributed by atoms with Crippen LogP contribution in [0.25, 0.3) is 0 Å². The van der Waals surface area contributed by atoms with Gasteiger partial charge in [-0.15, -0.1) is 0 Å². The van der Waals surface area contributed by atoms with Crippen LogP contribution >= 0.6 is 0 Å². The zero-order valence-corrected chi connectivity index (χ0v) is 11.4. The number of aliphatic hydroxyl groups excluding tert-OH is 1. The van der Waals surface area contributed by atoms with Crippen molar-refractivity contribution < 1.29 is 9.84 Å². The summed E-state index contributed by atoms with van der Waals surface area (Å²) < 4.78 is 5.62. The lowest BCUT2D eigenvalue weighted by Crippen LogP contribution is -2.40. The van der Waals surface area contributed by atoms with Crippen molar-refractivity contribution in [2.75, 3.05) is 32.9 Å². The molecule has 17 heavy (non-hydrogen) atoms. The van der Waals surface area contributed by atoms with Gasteiger partial charge in [0.15, 0.2) is 0 Å². The number of nitrogens with zero attached hydrogens (tertiary/aromatic N) is 1. The van der Waals surface area contributed by atoms with Gasteiger partial charge in [0.05, 0.1) is 13.2 Å². The topological polar surface area (TPSA) is 32.7 Å². The molecule has 0 unspecified atom stereocenters. The zero-order chi connectivity index (χ0) is 12.3. The summed E-state index contributed by atoms with van der Waals surface area (Å²) in [6.45, 7) is 5.94. The van der Waals surface area contributed by atoms with Crippen molar-refractivity contribution in [2.45, 2.75) is 57.9 Å². The molecule has 0 aliphatic heterocycles. The van der Waals surface area contributed by atoms with E-state index in [1.807, 2.05) is 0 Å². The van der Waals surface area contributed by atoms with Crippen LogP contribution < -0.4 is 0 Å². The van der Waals surface area contributed by atoms with Gasteiger partial charge in [0.25, 0.3) is 0 Å². The molecule has 0 aromatic heterocycles. The molecule has 0 bridgehead atoms. The summed E-state index contributed by atoms with van der Waals surface area (Å²) in [5.74, 6) is 0. The zero-order valence-electron chi connectivity index (χ0n) is 11.4. The Bertz CT molecular complexity index is 170. The van der Waals surface area contributed by atoms with Crippen molar-refractivity contribution >= 4 is 0 Å². The molecular weight excluding hydrogens is 214 g/mol. The highest BCUT2D eigenvalue weighted by Crippen LogP contribution is 2.22. The maximum Gasteiger partial charge on any atom is 0.0593 e. The van der Waals surface area contributed by atoms with E-state index in [2.05, 4.69) is 11.8 Å². The summed E-state index contributed by atoms with van der Waals surface area (Å²) in [5, 5.41) is 9.13. The molecular formula is C14H29NO2. The van der Waals surface area contributed by atoms with Gasteiger partial charge in [-0.05, 0) is 19.3 Å². The molecule has 1 rings (SSSR count).